The van der Waals surface area contributed by atoms with Crippen LogP contribution in [-0.2, 0) is 0 Å². The van der Waals surface area contributed by atoms with Gasteiger partial charge in [-0.2, -0.15) is 0 Å². The summed E-state index contributed by atoms with van der Waals surface area (Å²) < 4.78 is 6.35. The fourth-order valence-corrected chi connectivity index (χ4v) is 2.41. The number of rotatable bonds is 3. The maximum absolute atomic E-state index is 10.7. The Kier molecular flexibility index (Phi) is 4.19. The predicted molar refractivity (Wildman–Crippen MR) is 69.7 cm³/mol. The monoisotopic (exact) mass is 315 g/mol. The van der Waals surface area contributed by atoms with Gasteiger partial charge in [0, 0.05) is 6.07 Å². The number of aliphatic hydroxyl groups is 1. The lowest BCUT2D eigenvalue weighted by Gasteiger charge is -2.28. The summed E-state index contributed by atoms with van der Waals surface area (Å²) in [6.07, 6.45) is 2.72. The summed E-state index contributed by atoms with van der Waals surface area (Å²) in [5.41, 5.74) is -0.0153. The van der Waals surface area contributed by atoms with E-state index in [1.165, 1.54) is 12.1 Å². The van der Waals surface area contributed by atoms with Crippen LogP contribution >= 0.6 is 15.9 Å². The molecule has 1 aromatic carbocycles. The van der Waals surface area contributed by atoms with Gasteiger partial charge in [-0.25, -0.2) is 0 Å². The summed E-state index contributed by atoms with van der Waals surface area (Å²) in [5, 5.41) is 20.5. The Labute approximate surface area is 113 Å². The van der Waals surface area contributed by atoms with Gasteiger partial charge in [-0.05, 0) is 41.3 Å². The van der Waals surface area contributed by atoms with E-state index in [1.54, 1.807) is 6.07 Å². The minimum Gasteiger partial charge on any atom is -0.486 e. The molecule has 0 bridgehead atoms. The number of nitrogens with zero attached hydrogens (tertiary/aromatic N) is 1. The van der Waals surface area contributed by atoms with Gasteiger partial charge in [0.1, 0.15) is 11.9 Å². The van der Waals surface area contributed by atoms with Crippen molar-refractivity contribution in [3.8, 4) is 5.75 Å². The first kappa shape index (κ1) is 13.3. The van der Waals surface area contributed by atoms with Crippen molar-refractivity contribution in [3.63, 3.8) is 0 Å². The highest BCUT2D eigenvalue weighted by atomic mass is 79.9. The normalized spacial score (nSPS) is 23.7. The number of nitro groups is 1. The van der Waals surface area contributed by atoms with Gasteiger partial charge in [-0.1, -0.05) is 6.42 Å². The molecule has 0 spiro atoms. The molecular weight excluding hydrogens is 302 g/mol. The van der Waals surface area contributed by atoms with Crippen molar-refractivity contribution in [2.45, 2.75) is 37.9 Å². The van der Waals surface area contributed by atoms with E-state index < -0.39 is 11.0 Å². The van der Waals surface area contributed by atoms with Gasteiger partial charge < -0.3 is 9.84 Å². The molecule has 0 aromatic heterocycles. The molecule has 1 aliphatic carbocycles. The summed E-state index contributed by atoms with van der Waals surface area (Å²) in [4.78, 5) is 10.2. The largest absolute Gasteiger partial charge is 0.486 e. The van der Waals surface area contributed by atoms with Crippen molar-refractivity contribution in [2.24, 2.45) is 0 Å². The first-order valence-electron chi connectivity index (χ1n) is 5.86. The van der Waals surface area contributed by atoms with E-state index in [-0.39, 0.29) is 11.8 Å². The van der Waals surface area contributed by atoms with Crippen molar-refractivity contribution in [1.82, 2.24) is 0 Å². The Morgan fingerprint density at radius 2 is 2.11 bits per heavy atom. The van der Waals surface area contributed by atoms with Crippen LogP contribution < -0.4 is 4.74 Å². The third-order valence-electron chi connectivity index (χ3n) is 3.07. The quantitative estimate of drug-likeness (QED) is 0.687. The second-order valence-electron chi connectivity index (χ2n) is 4.38. The van der Waals surface area contributed by atoms with Crippen LogP contribution in [-0.4, -0.2) is 22.2 Å². The Balaban J connectivity index is 2.17. The molecule has 18 heavy (non-hydrogen) atoms. The molecule has 2 rings (SSSR count). The molecule has 1 fully saturated rings. The van der Waals surface area contributed by atoms with E-state index in [1.807, 2.05) is 0 Å². The predicted octanol–water partition coefficient (Wildman–Crippen LogP) is 3.04. The fourth-order valence-electron chi connectivity index (χ4n) is 2.07. The molecule has 2 unspecified atom stereocenters. The number of non-ortho nitro benzene ring substituents is 1. The van der Waals surface area contributed by atoms with E-state index in [9.17, 15) is 15.2 Å². The number of nitro benzene ring substituents is 1. The van der Waals surface area contributed by atoms with E-state index in [2.05, 4.69) is 15.9 Å². The Morgan fingerprint density at radius 3 is 2.78 bits per heavy atom. The first-order chi connectivity index (χ1) is 8.58. The lowest BCUT2D eigenvalue weighted by atomic mass is 9.95. The highest BCUT2D eigenvalue weighted by Gasteiger charge is 2.25. The molecule has 0 heterocycles. The molecule has 0 aliphatic heterocycles. The maximum Gasteiger partial charge on any atom is 0.273 e. The minimum absolute atomic E-state index is 0.0153. The lowest BCUT2D eigenvalue weighted by Crippen LogP contribution is -2.34. The summed E-state index contributed by atoms with van der Waals surface area (Å²) in [5.74, 6) is 0.412. The highest BCUT2D eigenvalue weighted by molar-refractivity contribution is 9.10. The van der Waals surface area contributed by atoms with E-state index in [0.717, 1.165) is 25.7 Å². The van der Waals surface area contributed by atoms with Crippen LogP contribution in [0.1, 0.15) is 25.7 Å². The molecule has 0 amide bonds. The molecule has 2 atom stereocenters. The van der Waals surface area contributed by atoms with Gasteiger partial charge in [0.25, 0.3) is 5.69 Å². The van der Waals surface area contributed by atoms with Crippen LogP contribution in [0, 0.1) is 10.1 Å². The van der Waals surface area contributed by atoms with E-state index >= 15 is 0 Å². The van der Waals surface area contributed by atoms with E-state index in [0.29, 0.717) is 10.2 Å². The van der Waals surface area contributed by atoms with Crippen molar-refractivity contribution >= 4 is 21.6 Å². The number of aliphatic hydroxyl groups excluding tert-OH is 1. The zero-order chi connectivity index (χ0) is 13.1. The number of hydrogen-bond acceptors (Lipinski definition) is 4. The molecule has 6 heteroatoms. The number of benzene rings is 1. The van der Waals surface area contributed by atoms with Crippen LogP contribution in [0.15, 0.2) is 22.7 Å². The molecule has 98 valence electrons. The summed E-state index contributed by atoms with van der Waals surface area (Å²) in [7, 11) is 0. The van der Waals surface area contributed by atoms with Crippen LogP contribution in [0.3, 0.4) is 0 Å². The summed E-state index contributed by atoms with van der Waals surface area (Å²) in [6.45, 7) is 0. The molecule has 5 nitrogen and oxygen atoms in total. The molecule has 1 aromatic rings. The highest BCUT2D eigenvalue weighted by Crippen LogP contribution is 2.32. The molecular formula is C12H14BrNO4. The Bertz CT molecular complexity index is 452. The van der Waals surface area contributed by atoms with Crippen LogP contribution in [0.4, 0.5) is 5.69 Å². The third kappa shape index (κ3) is 3.00. The van der Waals surface area contributed by atoms with Crippen molar-refractivity contribution in [1.29, 1.82) is 0 Å². The standard InChI is InChI=1S/C12H14BrNO4/c13-9-6-5-8(14(16)17)7-12(9)18-11-4-2-1-3-10(11)15/h5-7,10-11,15H,1-4H2. The maximum atomic E-state index is 10.7. The second-order valence-corrected chi connectivity index (χ2v) is 5.23. The van der Waals surface area contributed by atoms with Crippen molar-refractivity contribution in [2.75, 3.05) is 0 Å². The summed E-state index contributed by atoms with van der Waals surface area (Å²) >= 11 is 3.30. The van der Waals surface area contributed by atoms with Gasteiger partial charge in [-0.15, -0.1) is 0 Å². The van der Waals surface area contributed by atoms with Gasteiger partial charge in [0.05, 0.1) is 21.6 Å². The van der Waals surface area contributed by atoms with Crippen LogP contribution in [0.5, 0.6) is 5.75 Å². The first-order valence-corrected chi connectivity index (χ1v) is 6.66. The molecule has 0 radical (unpaired) electrons. The van der Waals surface area contributed by atoms with Gasteiger partial charge in [-0.3, -0.25) is 10.1 Å². The third-order valence-corrected chi connectivity index (χ3v) is 3.73. The smallest absolute Gasteiger partial charge is 0.273 e. The topological polar surface area (TPSA) is 72.6 Å². The molecule has 1 N–H and O–H groups in total. The average molecular weight is 316 g/mol. The number of hydrogen-bond donors (Lipinski definition) is 1. The van der Waals surface area contributed by atoms with Crippen LogP contribution in [0.25, 0.3) is 0 Å². The Morgan fingerprint density at radius 1 is 1.39 bits per heavy atom. The number of halogens is 1. The zero-order valence-corrected chi connectivity index (χ0v) is 11.3. The average Bonchev–Trinajstić information content (AvgIpc) is 2.34. The molecule has 1 aliphatic rings. The lowest BCUT2D eigenvalue weighted by molar-refractivity contribution is -0.385. The number of ether oxygens (including phenoxy) is 1. The second kappa shape index (κ2) is 5.67. The Hall–Kier alpha value is -1.14. The van der Waals surface area contributed by atoms with Crippen LogP contribution in [0.2, 0.25) is 0 Å². The van der Waals surface area contributed by atoms with Crippen molar-refractivity contribution < 1.29 is 14.8 Å². The summed E-state index contributed by atoms with van der Waals surface area (Å²) in [6, 6.07) is 4.38. The molecule has 1 saturated carbocycles. The zero-order valence-electron chi connectivity index (χ0n) is 9.71. The van der Waals surface area contributed by atoms with Gasteiger partial charge in [0.15, 0.2) is 0 Å². The van der Waals surface area contributed by atoms with Gasteiger partial charge in [0.2, 0.25) is 0 Å². The fraction of sp³-hybridized carbons (Fsp3) is 0.500. The minimum atomic E-state index is -0.495. The van der Waals surface area contributed by atoms with Gasteiger partial charge >= 0.3 is 0 Å². The van der Waals surface area contributed by atoms with Crippen molar-refractivity contribution in [3.05, 3.63) is 32.8 Å². The van der Waals surface area contributed by atoms with E-state index in [4.69, 9.17) is 4.74 Å². The SMILES string of the molecule is O=[N+]([O-])c1ccc(Br)c(OC2CCCCC2O)c1. The molecule has 0 saturated heterocycles.